The van der Waals surface area contributed by atoms with Crippen LogP contribution in [0.4, 0.5) is 19.3 Å². The Balaban J connectivity index is 1.80. The number of amides is 1. The first-order chi connectivity index (χ1) is 13.0. The molecule has 0 atom stereocenters. The molecule has 2 aromatic carbocycles. The summed E-state index contributed by atoms with van der Waals surface area (Å²) in [5.41, 5.74) is 1.57. The third-order valence-electron chi connectivity index (χ3n) is 3.76. The van der Waals surface area contributed by atoms with E-state index in [2.05, 4.69) is 10.4 Å². The van der Waals surface area contributed by atoms with Gasteiger partial charge < -0.3 is 4.74 Å². The topological polar surface area (TPSA) is 56.1 Å². The maximum absolute atomic E-state index is 13.3. The van der Waals surface area contributed by atoms with Crippen molar-refractivity contribution in [2.75, 3.05) is 5.32 Å². The van der Waals surface area contributed by atoms with E-state index in [0.29, 0.717) is 17.1 Å². The van der Waals surface area contributed by atoms with Crippen LogP contribution in [0.25, 0.3) is 5.69 Å². The highest BCUT2D eigenvalue weighted by molar-refractivity contribution is 6.30. The maximum atomic E-state index is 13.3. The van der Waals surface area contributed by atoms with E-state index in [-0.39, 0.29) is 11.4 Å². The normalized spacial score (nSPS) is 10.7. The summed E-state index contributed by atoms with van der Waals surface area (Å²) in [6.07, 6.45) is 2.04. The van der Waals surface area contributed by atoms with Gasteiger partial charge in [-0.05, 0) is 42.8 Å². The number of rotatable bonds is 5. The van der Waals surface area contributed by atoms with Crippen LogP contribution in [0, 0.1) is 11.6 Å². The Hall–Kier alpha value is -2.93. The zero-order valence-corrected chi connectivity index (χ0v) is 15.1. The van der Waals surface area contributed by atoms with Gasteiger partial charge in [-0.15, -0.1) is 0 Å². The first-order valence-electron chi connectivity index (χ1n) is 8.24. The molecule has 1 aromatic heterocycles. The van der Waals surface area contributed by atoms with Gasteiger partial charge in [-0.3, -0.25) is 5.32 Å². The molecule has 1 amide bonds. The van der Waals surface area contributed by atoms with Crippen molar-refractivity contribution in [3.05, 3.63) is 71.0 Å². The lowest BCUT2D eigenvalue weighted by Crippen LogP contribution is -2.17. The van der Waals surface area contributed by atoms with Gasteiger partial charge in [0.25, 0.3) is 0 Å². The Morgan fingerprint density at radius 3 is 2.59 bits per heavy atom. The van der Waals surface area contributed by atoms with Crippen LogP contribution in [-0.2, 0) is 6.42 Å². The maximum Gasteiger partial charge on any atom is 0.417 e. The van der Waals surface area contributed by atoms with Crippen LogP contribution in [-0.4, -0.2) is 15.9 Å². The summed E-state index contributed by atoms with van der Waals surface area (Å²) >= 11 is 5.91. The molecule has 3 aromatic rings. The monoisotopic (exact) mass is 391 g/mol. The molecular formula is C19H16ClF2N3O2. The lowest BCUT2D eigenvalue weighted by atomic mass is 10.2. The first-order valence-corrected chi connectivity index (χ1v) is 8.62. The van der Waals surface area contributed by atoms with Crippen molar-refractivity contribution in [2.45, 2.75) is 19.8 Å². The van der Waals surface area contributed by atoms with E-state index in [9.17, 15) is 13.6 Å². The molecular weight excluding hydrogens is 376 g/mol. The number of anilines is 1. The van der Waals surface area contributed by atoms with Gasteiger partial charge in [0.1, 0.15) is 0 Å². The highest BCUT2D eigenvalue weighted by Crippen LogP contribution is 2.25. The van der Waals surface area contributed by atoms with Crippen molar-refractivity contribution in [3.63, 3.8) is 0 Å². The summed E-state index contributed by atoms with van der Waals surface area (Å²) in [6, 6.07) is 10.1. The van der Waals surface area contributed by atoms with Crippen molar-refractivity contribution in [1.29, 1.82) is 0 Å². The molecule has 1 heterocycles. The fourth-order valence-corrected chi connectivity index (χ4v) is 2.66. The van der Waals surface area contributed by atoms with E-state index < -0.39 is 17.7 Å². The number of carbonyl (C=O) groups is 1. The van der Waals surface area contributed by atoms with Crippen molar-refractivity contribution in [3.8, 4) is 11.4 Å². The van der Waals surface area contributed by atoms with Gasteiger partial charge in [0.2, 0.25) is 0 Å². The molecule has 0 spiro atoms. The predicted octanol–water partition coefficient (Wildman–Crippen LogP) is 5.37. The number of nitrogens with one attached hydrogen (secondary N) is 1. The molecule has 0 bridgehead atoms. The van der Waals surface area contributed by atoms with Crippen molar-refractivity contribution < 1.29 is 18.3 Å². The Kier molecular flexibility index (Phi) is 5.71. The molecule has 0 aliphatic carbocycles. The van der Waals surface area contributed by atoms with Gasteiger partial charge in [0, 0.05) is 16.8 Å². The molecule has 3 rings (SSSR count). The summed E-state index contributed by atoms with van der Waals surface area (Å²) in [5.74, 6) is -1.77. The molecule has 8 heteroatoms. The second-order valence-electron chi connectivity index (χ2n) is 5.74. The van der Waals surface area contributed by atoms with Crippen LogP contribution in [0.15, 0.2) is 48.7 Å². The third kappa shape index (κ3) is 4.43. The molecule has 0 unspecified atom stereocenters. The Morgan fingerprint density at radius 1 is 1.19 bits per heavy atom. The summed E-state index contributed by atoms with van der Waals surface area (Å²) in [5, 5.41) is 7.24. The summed E-state index contributed by atoms with van der Waals surface area (Å²) in [4.78, 5) is 12.1. The molecule has 0 fully saturated rings. The van der Waals surface area contributed by atoms with E-state index in [0.717, 1.165) is 24.2 Å². The molecule has 0 saturated heterocycles. The van der Waals surface area contributed by atoms with Crippen molar-refractivity contribution >= 4 is 23.4 Å². The molecule has 5 nitrogen and oxygen atoms in total. The molecule has 0 saturated carbocycles. The van der Waals surface area contributed by atoms with Gasteiger partial charge >= 0.3 is 6.09 Å². The van der Waals surface area contributed by atoms with E-state index in [1.807, 2.05) is 6.92 Å². The lowest BCUT2D eigenvalue weighted by Gasteiger charge is -2.10. The number of ether oxygens (including phenoxy) is 1. The van der Waals surface area contributed by atoms with Crippen LogP contribution in [0.2, 0.25) is 5.02 Å². The summed E-state index contributed by atoms with van der Waals surface area (Å²) in [6.45, 7) is 1.99. The number of halogens is 3. The molecule has 0 radical (unpaired) electrons. The number of hydrogen-bond acceptors (Lipinski definition) is 3. The van der Waals surface area contributed by atoms with E-state index in [4.69, 9.17) is 16.3 Å². The van der Waals surface area contributed by atoms with Gasteiger partial charge in [0.05, 0.1) is 17.6 Å². The average Bonchev–Trinajstić information content (AvgIpc) is 3.02. The zero-order chi connectivity index (χ0) is 19.4. The minimum Gasteiger partial charge on any atom is -0.406 e. The fraction of sp³-hybridized carbons (Fsp3) is 0.158. The number of benzene rings is 2. The highest BCUT2D eigenvalue weighted by atomic mass is 35.5. The quantitative estimate of drug-likeness (QED) is 0.636. The van der Waals surface area contributed by atoms with E-state index in [1.54, 1.807) is 28.9 Å². The molecule has 0 aliphatic rings. The minimum atomic E-state index is -1.06. The molecule has 140 valence electrons. The number of hydrogen-bond donors (Lipinski definition) is 1. The average molecular weight is 392 g/mol. The fourth-order valence-electron chi connectivity index (χ4n) is 2.53. The van der Waals surface area contributed by atoms with Crippen LogP contribution < -0.4 is 10.1 Å². The lowest BCUT2D eigenvalue weighted by molar-refractivity contribution is 0.214. The summed E-state index contributed by atoms with van der Waals surface area (Å²) in [7, 11) is 0. The SMILES string of the molecule is CCCc1c(OC(=O)Nc2ccc(F)c(F)c2)cnn1-c1ccc(Cl)cc1. The second-order valence-corrected chi connectivity index (χ2v) is 6.17. The summed E-state index contributed by atoms with van der Waals surface area (Å²) < 4.78 is 33.2. The number of carbonyl (C=O) groups excluding carboxylic acids is 1. The van der Waals surface area contributed by atoms with Gasteiger partial charge in [-0.1, -0.05) is 24.9 Å². The van der Waals surface area contributed by atoms with Crippen LogP contribution >= 0.6 is 11.6 Å². The van der Waals surface area contributed by atoms with E-state index in [1.165, 1.54) is 12.3 Å². The zero-order valence-electron chi connectivity index (χ0n) is 14.4. The highest BCUT2D eigenvalue weighted by Gasteiger charge is 2.16. The Labute approximate surface area is 159 Å². The molecule has 0 aliphatic heterocycles. The standard InChI is InChI=1S/C19H16ClF2N3O2/c1-2-3-17-18(11-23-25(17)14-7-4-12(20)5-8-14)27-19(26)24-13-6-9-15(21)16(22)10-13/h4-11H,2-3H2,1H3,(H,24,26). The molecule has 1 N–H and O–H groups in total. The van der Waals surface area contributed by atoms with Crippen molar-refractivity contribution in [2.24, 2.45) is 0 Å². The number of nitrogens with zero attached hydrogens (tertiary/aromatic N) is 2. The predicted molar refractivity (Wildman–Crippen MR) is 98.6 cm³/mol. The van der Waals surface area contributed by atoms with Gasteiger partial charge in [0.15, 0.2) is 17.4 Å². The van der Waals surface area contributed by atoms with Crippen LogP contribution in [0.5, 0.6) is 5.75 Å². The van der Waals surface area contributed by atoms with Gasteiger partial charge in [-0.2, -0.15) is 5.10 Å². The Morgan fingerprint density at radius 2 is 1.93 bits per heavy atom. The van der Waals surface area contributed by atoms with E-state index >= 15 is 0 Å². The first kappa shape index (κ1) is 18.8. The second kappa shape index (κ2) is 8.18. The van der Waals surface area contributed by atoms with Gasteiger partial charge in [-0.25, -0.2) is 18.3 Å². The molecule has 27 heavy (non-hydrogen) atoms. The number of aromatic nitrogens is 2. The van der Waals surface area contributed by atoms with Crippen LogP contribution in [0.3, 0.4) is 0 Å². The van der Waals surface area contributed by atoms with Crippen LogP contribution in [0.1, 0.15) is 19.0 Å². The largest absolute Gasteiger partial charge is 0.417 e. The van der Waals surface area contributed by atoms with Crippen molar-refractivity contribution in [1.82, 2.24) is 9.78 Å². The smallest absolute Gasteiger partial charge is 0.406 e. The minimum absolute atomic E-state index is 0.0843. The Bertz CT molecular complexity index is 958. The third-order valence-corrected chi connectivity index (χ3v) is 4.01.